The summed E-state index contributed by atoms with van der Waals surface area (Å²) in [7, 11) is -2.29. The van der Waals surface area contributed by atoms with Gasteiger partial charge in [0.15, 0.2) is 0 Å². The molecule has 4 atom stereocenters. The third-order valence-electron chi connectivity index (χ3n) is 4.59. The maximum absolute atomic E-state index is 11.6. The first-order valence-corrected chi connectivity index (χ1v) is 9.51. The van der Waals surface area contributed by atoms with Crippen molar-refractivity contribution in [3.63, 3.8) is 0 Å². The zero-order valence-corrected chi connectivity index (χ0v) is 15.0. The van der Waals surface area contributed by atoms with Crippen LogP contribution >= 0.6 is 8.03 Å². The van der Waals surface area contributed by atoms with Gasteiger partial charge >= 0.3 is 14.0 Å². The Kier molecular flexibility index (Phi) is 6.47. The lowest BCUT2D eigenvalue weighted by Crippen LogP contribution is -2.55. The van der Waals surface area contributed by atoms with Crippen LogP contribution in [0, 0.1) is 0 Å². The number of carboxylic acid groups (broad SMARTS) is 1. The van der Waals surface area contributed by atoms with Crippen LogP contribution in [0.5, 0.6) is 0 Å². The first-order chi connectivity index (χ1) is 11.4. The molecular weight excluding hydrogens is 329 g/mol. The van der Waals surface area contributed by atoms with Gasteiger partial charge in [-0.15, -0.1) is 0 Å². The molecule has 6 nitrogen and oxygen atoms in total. The first kappa shape index (κ1) is 19.0. The van der Waals surface area contributed by atoms with Gasteiger partial charge in [0.05, 0.1) is 17.7 Å². The van der Waals surface area contributed by atoms with Gasteiger partial charge in [0.2, 0.25) is 5.66 Å². The summed E-state index contributed by atoms with van der Waals surface area (Å²) < 4.78 is 17.5. The third kappa shape index (κ3) is 4.39. The van der Waals surface area contributed by atoms with E-state index < -0.39 is 19.5 Å². The number of aromatic carboxylic acids is 1. The first-order valence-electron chi connectivity index (χ1n) is 8.23. The summed E-state index contributed by atoms with van der Waals surface area (Å²) in [6, 6.07) is 6.77. The van der Waals surface area contributed by atoms with E-state index in [-0.39, 0.29) is 17.3 Å². The molecule has 1 aromatic rings. The molecule has 2 rings (SSSR count). The number of unbranched alkanes of at least 4 members (excludes halogenated alkanes) is 1. The number of morpholine rings is 1. The summed E-state index contributed by atoms with van der Waals surface area (Å²) in [4.78, 5) is 20.7. The fourth-order valence-electron chi connectivity index (χ4n) is 2.99. The second-order valence-corrected chi connectivity index (χ2v) is 7.73. The SMILES string of the molecule is CCCCC([C@@H]1CN[C@](C)(c2cccc(C(=O)O)c2)CO1)[P+](=O)O. The highest BCUT2D eigenvalue weighted by Gasteiger charge is 2.43. The predicted molar refractivity (Wildman–Crippen MR) is 91.6 cm³/mol. The quantitative estimate of drug-likeness (QED) is 0.652. The topological polar surface area (TPSA) is 95.9 Å². The van der Waals surface area contributed by atoms with Crippen molar-refractivity contribution in [1.29, 1.82) is 0 Å². The molecule has 0 aromatic heterocycles. The normalized spacial score (nSPS) is 26.0. The van der Waals surface area contributed by atoms with Crippen molar-refractivity contribution in [2.24, 2.45) is 0 Å². The number of benzene rings is 1. The molecule has 1 heterocycles. The summed E-state index contributed by atoms with van der Waals surface area (Å²) in [6.45, 7) is 4.79. The van der Waals surface area contributed by atoms with Gasteiger partial charge in [0.25, 0.3) is 0 Å². The molecule has 1 aliphatic rings. The van der Waals surface area contributed by atoms with Crippen molar-refractivity contribution >= 4 is 14.0 Å². The highest BCUT2D eigenvalue weighted by atomic mass is 31.1. The largest absolute Gasteiger partial charge is 0.511 e. The second-order valence-electron chi connectivity index (χ2n) is 6.46. The molecule has 1 aromatic carbocycles. The Morgan fingerprint density at radius 1 is 1.54 bits per heavy atom. The summed E-state index contributed by atoms with van der Waals surface area (Å²) >= 11 is 0. The van der Waals surface area contributed by atoms with Crippen molar-refractivity contribution in [2.75, 3.05) is 13.2 Å². The zero-order chi connectivity index (χ0) is 17.7. The van der Waals surface area contributed by atoms with Gasteiger partial charge in [0.1, 0.15) is 6.10 Å². The summed E-state index contributed by atoms with van der Waals surface area (Å²) in [5.41, 5.74) is 0.178. The van der Waals surface area contributed by atoms with Gasteiger partial charge in [-0.3, -0.25) is 0 Å². The Balaban J connectivity index is 2.08. The number of hydrogen-bond acceptors (Lipinski definition) is 4. The van der Waals surface area contributed by atoms with Crippen LogP contribution in [-0.4, -0.2) is 40.9 Å². The minimum atomic E-state index is -2.29. The number of carbonyl (C=O) groups is 1. The van der Waals surface area contributed by atoms with Crippen molar-refractivity contribution in [3.05, 3.63) is 35.4 Å². The second kappa shape index (κ2) is 8.17. The number of ether oxygens (including phenoxy) is 1. The zero-order valence-electron chi connectivity index (χ0n) is 14.1. The Bertz CT molecular complexity index is 598. The number of hydrogen-bond donors (Lipinski definition) is 3. The fraction of sp³-hybridized carbons (Fsp3) is 0.588. The molecule has 0 spiro atoms. The van der Waals surface area contributed by atoms with Gasteiger partial charge < -0.3 is 15.2 Å². The molecule has 132 valence electrons. The van der Waals surface area contributed by atoms with Crippen LogP contribution in [0.2, 0.25) is 0 Å². The van der Waals surface area contributed by atoms with Crippen LogP contribution in [0.3, 0.4) is 0 Å². The minimum absolute atomic E-state index is 0.233. The van der Waals surface area contributed by atoms with Crippen LogP contribution in [0.25, 0.3) is 0 Å². The number of nitrogens with one attached hydrogen (secondary N) is 1. The van der Waals surface area contributed by atoms with Crippen LogP contribution in [0.15, 0.2) is 24.3 Å². The molecule has 0 saturated carbocycles. The monoisotopic (exact) mass is 354 g/mol. The van der Waals surface area contributed by atoms with E-state index in [0.717, 1.165) is 18.4 Å². The van der Waals surface area contributed by atoms with Gasteiger partial charge in [-0.25, -0.2) is 4.79 Å². The van der Waals surface area contributed by atoms with E-state index in [9.17, 15) is 14.3 Å². The maximum atomic E-state index is 11.6. The molecule has 1 aliphatic heterocycles. The van der Waals surface area contributed by atoms with Crippen molar-refractivity contribution in [3.8, 4) is 0 Å². The van der Waals surface area contributed by atoms with Gasteiger partial charge in [-0.05, 0) is 42.0 Å². The molecule has 0 radical (unpaired) electrons. The summed E-state index contributed by atoms with van der Waals surface area (Å²) in [5, 5.41) is 12.5. The van der Waals surface area contributed by atoms with E-state index in [2.05, 4.69) is 5.32 Å². The highest BCUT2D eigenvalue weighted by Crippen LogP contribution is 2.35. The molecule has 0 bridgehead atoms. The van der Waals surface area contributed by atoms with Gasteiger partial charge in [-0.2, -0.15) is 4.89 Å². The lowest BCUT2D eigenvalue weighted by molar-refractivity contribution is -0.0324. The average molecular weight is 354 g/mol. The van der Waals surface area contributed by atoms with E-state index in [1.54, 1.807) is 18.2 Å². The molecule has 2 unspecified atom stereocenters. The van der Waals surface area contributed by atoms with Gasteiger partial charge in [0, 0.05) is 6.54 Å². The van der Waals surface area contributed by atoms with Crippen LogP contribution in [0.4, 0.5) is 0 Å². The van der Waals surface area contributed by atoms with E-state index >= 15 is 0 Å². The Morgan fingerprint density at radius 2 is 2.29 bits per heavy atom. The van der Waals surface area contributed by atoms with E-state index in [1.165, 1.54) is 0 Å². The highest BCUT2D eigenvalue weighted by molar-refractivity contribution is 7.39. The molecule has 1 saturated heterocycles. The predicted octanol–water partition coefficient (Wildman–Crippen LogP) is 2.88. The van der Waals surface area contributed by atoms with Crippen LogP contribution in [0.1, 0.15) is 49.0 Å². The minimum Gasteiger partial charge on any atom is -0.478 e. The molecule has 1 fully saturated rings. The summed E-state index contributed by atoms with van der Waals surface area (Å²) in [5.74, 6) is -0.966. The molecular formula is C17H25NO5P+. The maximum Gasteiger partial charge on any atom is 0.511 e. The van der Waals surface area contributed by atoms with Crippen molar-refractivity contribution in [2.45, 2.75) is 50.4 Å². The smallest absolute Gasteiger partial charge is 0.478 e. The summed E-state index contributed by atoms with van der Waals surface area (Å²) in [6.07, 6.45) is 2.23. The van der Waals surface area contributed by atoms with Crippen molar-refractivity contribution in [1.82, 2.24) is 5.32 Å². The van der Waals surface area contributed by atoms with Gasteiger partial charge in [-0.1, -0.05) is 25.5 Å². The Labute approximate surface area is 143 Å². The standard InChI is InChI=1S/C17H24NO5P/c1-3-4-8-15(24(21)22)14-10-18-17(2,11-23-14)13-7-5-6-12(9-13)16(19)20/h5-7,9,14-15,18H,3-4,8,10-11H2,1-2H3,(H-,19,20,21,22)/p+1/t14-,15?,17-/m0/s1. The van der Waals surface area contributed by atoms with E-state index in [1.807, 2.05) is 19.9 Å². The van der Waals surface area contributed by atoms with Crippen LogP contribution in [-0.2, 0) is 14.8 Å². The number of rotatable bonds is 7. The Hall–Kier alpha value is -1.33. The molecule has 3 N–H and O–H groups in total. The third-order valence-corrected chi connectivity index (χ3v) is 5.75. The average Bonchev–Trinajstić information content (AvgIpc) is 2.56. The number of carboxylic acids is 1. The lowest BCUT2D eigenvalue weighted by atomic mass is 9.89. The van der Waals surface area contributed by atoms with E-state index in [4.69, 9.17) is 9.84 Å². The lowest BCUT2D eigenvalue weighted by Gasteiger charge is -2.39. The van der Waals surface area contributed by atoms with Crippen LogP contribution < -0.4 is 5.32 Å². The van der Waals surface area contributed by atoms with Crippen molar-refractivity contribution < 1.29 is 24.1 Å². The fourth-order valence-corrected chi connectivity index (χ4v) is 3.87. The molecule has 24 heavy (non-hydrogen) atoms. The molecule has 0 aliphatic carbocycles. The van der Waals surface area contributed by atoms with E-state index in [0.29, 0.717) is 19.6 Å². The molecule has 0 amide bonds. The Morgan fingerprint density at radius 3 is 2.83 bits per heavy atom. The molecule has 7 heteroatoms.